The van der Waals surface area contributed by atoms with Gasteiger partial charge in [0.2, 0.25) is 10.0 Å². The molecular weight excluding hydrogens is 380 g/mol. The number of nitrogens with zero attached hydrogens (tertiary/aromatic N) is 2. The lowest BCUT2D eigenvalue weighted by Gasteiger charge is -2.30. The number of piperidine rings is 1. The summed E-state index contributed by atoms with van der Waals surface area (Å²) in [5, 5.41) is 8.21. The number of rotatable bonds is 5. The fourth-order valence-corrected chi connectivity index (χ4v) is 5.74. The van der Waals surface area contributed by atoms with Crippen molar-refractivity contribution in [2.45, 2.75) is 23.7 Å². The summed E-state index contributed by atoms with van der Waals surface area (Å²) < 4.78 is 31.8. The third-order valence-corrected chi connectivity index (χ3v) is 7.33. The monoisotopic (exact) mass is 398 g/mol. The third-order valence-electron chi connectivity index (χ3n) is 4.36. The Balaban J connectivity index is 1.74. The Morgan fingerprint density at radius 1 is 1.38 bits per heavy atom. The number of amides is 1. The van der Waals surface area contributed by atoms with Crippen LogP contribution >= 0.6 is 11.3 Å². The predicted octanol–water partition coefficient (Wildman–Crippen LogP) is 0.925. The SMILES string of the molecule is COC(=O)c1sccc1S(=O)(=O)N1CCC(c2cc(C(N)=O)n[nH]2)CC1. The molecule has 3 heterocycles. The van der Waals surface area contributed by atoms with Crippen LogP contribution in [0.3, 0.4) is 0 Å². The van der Waals surface area contributed by atoms with Crippen LogP contribution in [0.1, 0.15) is 44.6 Å². The largest absolute Gasteiger partial charge is 0.465 e. The smallest absolute Gasteiger partial charge is 0.349 e. The van der Waals surface area contributed by atoms with E-state index in [1.165, 1.54) is 17.5 Å². The van der Waals surface area contributed by atoms with Crippen molar-refractivity contribution < 1.29 is 22.7 Å². The van der Waals surface area contributed by atoms with Gasteiger partial charge >= 0.3 is 5.97 Å². The Labute approximate surface area is 154 Å². The standard InChI is InChI=1S/C15H18N4O5S2/c1-24-15(21)13-12(4-7-25-13)26(22,23)19-5-2-9(3-6-19)10-8-11(14(16)20)18-17-10/h4,7-9H,2-3,5-6H2,1H3,(H2,16,20)(H,17,18). The molecule has 0 atom stereocenters. The van der Waals surface area contributed by atoms with Crippen LogP contribution in [-0.4, -0.2) is 55.0 Å². The summed E-state index contributed by atoms with van der Waals surface area (Å²) in [6.07, 6.45) is 1.13. The summed E-state index contributed by atoms with van der Waals surface area (Å²) in [6, 6.07) is 3.03. The van der Waals surface area contributed by atoms with Crippen LogP contribution in [0, 0.1) is 0 Å². The topological polar surface area (TPSA) is 135 Å². The zero-order chi connectivity index (χ0) is 18.9. The quantitative estimate of drug-likeness (QED) is 0.719. The molecular formula is C15H18N4O5S2. The normalized spacial score (nSPS) is 16.5. The molecule has 0 unspecified atom stereocenters. The Bertz CT molecular complexity index is 925. The fourth-order valence-electron chi connectivity index (χ4n) is 2.96. The minimum absolute atomic E-state index is 0.0228. The molecule has 26 heavy (non-hydrogen) atoms. The zero-order valence-corrected chi connectivity index (χ0v) is 15.6. The van der Waals surface area contributed by atoms with Crippen molar-refractivity contribution >= 4 is 33.2 Å². The number of aromatic nitrogens is 2. The van der Waals surface area contributed by atoms with Crippen molar-refractivity contribution in [1.82, 2.24) is 14.5 Å². The van der Waals surface area contributed by atoms with Crippen molar-refractivity contribution in [3.63, 3.8) is 0 Å². The molecule has 1 saturated heterocycles. The van der Waals surface area contributed by atoms with Crippen LogP contribution in [0.25, 0.3) is 0 Å². The second-order valence-corrected chi connectivity index (χ2v) is 8.68. The van der Waals surface area contributed by atoms with Crippen molar-refractivity contribution in [1.29, 1.82) is 0 Å². The number of aromatic amines is 1. The molecule has 1 amide bonds. The van der Waals surface area contributed by atoms with E-state index in [1.807, 2.05) is 0 Å². The van der Waals surface area contributed by atoms with Gasteiger partial charge in [0.25, 0.3) is 5.91 Å². The molecule has 0 radical (unpaired) electrons. The van der Waals surface area contributed by atoms with E-state index in [2.05, 4.69) is 14.9 Å². The Hall–Kier alpha value is -2.24. The van der Waals surface area contributed by atoms with Crippen molar-refractivity contribution in [3.05, 3.63) is 33.8 Å². The second-order valence-electron chi connectivity index (χ2n) is 5.86. The van der Waals surface area contributed by atoms with Gasteiger partial charge in [0.05, 0.1) is 7.11 Å². The van der Waals surface area contributed by atoms with Gasteiger partial charge in [-0.2, -0.15) is 9.40 Å². The van der Waals surface area contributed by atoms with E-state index in [0.717, 1.165) is 17.0 Å². The van der Waals surface area contributed by atoms with Crippen LogP contribution in [0.5, 0.6) is 0 Å². The van der Waals surface area contributed by atoms with Gasteiger partial charge in [-0.25, -0.2) is 13.2 Å². The molecule has 0 aliphatic carbocycles. The first-order valence-corrected chi connectivity index (χ1v) is 10.2. The molecule has 0 bridgehead atoms. The molecule has 140 valence electrons. The molecule has 2 aromatic heterocycles. The number of H-pyrrole nitrogens is 1. The van der Waals surface area contributed by atoms with Gasteiger partial charge in [-0.05, 0) is 30.4 Å². The van der Waals surface area contributed by atoms with E-state index < -0.39 is 21.9 Å². The number of thiophene rings is 1. The highest BCUT2D eigenvalue weighted by atomic mass is 32.2. The molecule has 3 rings (SSSR count). The summed E-state index contributed by atoms with van der Waals surface area (Å²) >= 11 is 1.04. The Kier molecular flexibility index (Phi) is 5.12. The van der Waals surface area contributed by atoms with E-state index >= 15 is 0 Å². The number of primary amides is 1. The number of methoxy groups -OCH3 is 1. The van der Waals surface area contributed by atoms with Gasteiger partial charge in [-0.1, -0.05) is 0 Å². The number of nitrogens with one attached hydrogen (secondary N) is 1. The first kappa shape index (κ1) is 18.5. The van der Waals surface area contributed by atoms with Crippen LogP contribution in [0.4, 0.5) is 0 Å². The van der Waals surface area contributed by atoms with E-state index in [0.29, 0.717) is 25.9 Å². The van der Waals surface area contributed by atoms with Gasteiger partial charge in [-0.3, -0.25) is 9.89 Å². The van der Waals surface area contributed by atoms with E-state index in [9.17, 15) is 18.0 Å². The van der Waals surface area contributed by atoms with Crippen molar-refractivity contribution in [2.24, 2.45) is 5.73 Å². The molecule has 9 nitrogen and oxygen atoms in total. The molecule has 0 spiro atoms. The maximum atomic E-state index is 12.9. The number of ether oxygens (including phenoxy) is 1. The summed E-state index contributed by atoms with van der Waals surface area (Å²) in [5.41, 5.74) is 6.12. The van der Waals surface area contributed by atoms with Crippen LogP contribution in [0.15, 0.2) is 22.4 Å². The average Bonchev–Trinajstić information content (AvgIpc) is 3.31. The molecule has 1 aliphatic heterocycles. The lowest BCUT2D eigenvalue weighted by molar-refractivity contribution is 0.0602. The highest BCUT2D eigenvalue weighted by Gasteiger charge is 2.34. The number of hydrogen-bond acceptors (Lipinski definition) is 7. The molecule has 3 N–H and O–H groups in total. The van der Waals surface area contributed by atoms with Crippen LogP contribution in [-0.2, 0) is 14.8 Å². The highest BCUT2D eigenvalue weighted by Crippen LogP contribution is 2.32. The summed E-state index contributed by atoms with van der Waals surface area (Å²) in [4.78, 5) is 23.0. The van der Waals surface area contributed by atoms with Crippen molar-refractivity contribution in [2.75, 3.05) is 20.2 Å². The molecule has 1 fully saturated rings. The number of nitrogens with two attached hydrogens (primary N) is 1. The van der Waals surface area contributed by atoms with Crippen LogP contribution in [0.2, 0.25) is 0 Å². The fraction of sp³-hybridized carbons (Fsp3) is 0.400. The maximum Gasteiger partial charge on any atom is 0.349 e. The molecule has 0 aromatic carbocycles. The van der Waals surface area contributed by atoms with Gasteiger partial charge < -0.3 is 10.5 Å². The first-order valence-electron chi connectivity index (χ1n) is 7.85. The Morgan fingerprint density at radius 3 is 2.65 bits per heavy atom. The third kappa shape index (κ3) is 3.37. The van der Waals surface area contributed by atoms with Gasteiger partial charge in [0.1, 0.15) is 15.5 Å². The molecule has 11 heteroatoms. The number of carbonyl (C=O) groups excluding carboxylic acids is 2. The minimum atomic E-state index is -3.78. The van der Waals surface area contributed by atoms with Crippen molar-refractivity contribution in [3.8, 4) is 0 Å². The summed E-state index contributed by atoms with van der Waals surface area (Å²) in [5.74, 6) is -1.21. The van der Waals surface area contributed by atoms with Gasteiger partial charge in [0.15, 0.2) is 0 Å². The van der Waals surface area contributed by atoms with E-state index in [4.69, 9.17) is 5.73 Å². The van der Waals surface area contributed by atoms with Gasteiger partial charge in [0, 0.05) is 24.7 Å². The van der Waals surface area contributed by atoms with E-state index in [1.54, 1.807) is 11.4 Å². The Morgan fingerprint density at radius 2 is 2.08 bits per heavy atom. The predicted molar refractivity (Wildman–Crippen MR) is 93.5 cm³/mol. The second kappa shape index (κ2) is 7.17. The number of esters is 1. The maximum absolute atomic E-state index is 12.9. The summed E-state index contributed by atoms with van der Waals surface area (Å²) in [6.45, 7) is 0.600. The van der Waals surface area contributed by atoms with Gasteiger partial charge in [-0.15, -0.1) is 11.3 Å². The zero-order valence-electron chi connectivity index (χ0n) is 14.0. The molecule has 1 aliphatic rings. The minimum Gasteiger partial charge on any atom is -0.465 e. The lowest BCUT2D eigenvalue weighted by atomic mass is 9.94. The number of sulfonamides is 1. The number of carbonyl (C=O) groups is 2. The summed E-state index contributed by atoms with van der Waals surface area (Å²) in [7, 11) is -2.56. The highest BCUT2D eigenvalue weighted by molar-refractivity contribution is 7.89. The molecule has 0 saturated carbocycles. The molecule has 2 aromatic rings. The number of hydrogen-bond donors (Lipinski definition) is 2. The average molecular weight is 398 g/mol. The lowest BCUT2D eigenvalue weighted by Crippen LogP contribution is -2.38. The first-order chi connectivity index (χ1) is 12.3. The van der Waals surface area contributed by atoms with E-state index in [-0.39, 0.29) is 21.4 Å². The van der Waals surface area contributed by atoms with Crippen LogP contribution < -0.4 is 5.73 Å².